The van der Waals surface area contributed by atoms with E-state index >= 15 is 0 Å². The van der Waals surface area contributed by atoms with Gasteiger partial charge in [-0.2, -0.15) is 0 Å². The molecular formula is C24H23NO5S. The lowest BCUT2D eigenvalue weighted by atomic mass is 10.1. The largest absolute Gasteiger partial charge is 0.451 e. The summed E-state index contributed by atoms with van der Waals surface area (Å²) >= 11 is 0. The molecule has 0 amide bonds. The Morgan fingerprint density at radius 1 is 0.871 bits per heavy atom. The Morgan fingerprint density at radius 2 is 1.48 bits per heavy atom. The van der Waals surface area contributed by atoms with Gasteiger partial charge in [0.15, 0.2) is 6.10 Å². The van der Waals surface area contributed by atoms with E-state index in [1.54, 1.807) is 42.5 Å². The summed E-state index contributed by atoms with van der Waals surface area (Å²) in [7, 11) is -2.44. The lowest BCUT2D eigenvalue weighted by molar-refractivity contribution is 0.0318. The molecule has 160 valence electrons. The lowest BCUT2D eigenvalue weighted by Crippen LogP contribution is -2.27. The second-order valence-electron chi connectivity index (χ2n) is 7.11. The molecule has 0 heterocycles. The minimum Gasteiger partial charge on any atom is -0.451 e. The molecule has 0 spiro atoms. The summed E-state index contributed by atoms with van der Waals surface area (Å²) in [6, 6.07) is 21.2. The maximum Gasteiger partial charge on any atom is 0.338 e. The van der Waals surface area contributed by atoms with Crippen molar-refractivity contribution in [3.05, 3.63) is 95.6 Å². The number of hydrogen-bond donors (Lipinski definition) is 0. The first-order valence-electron chi connectivity index (χ1n) is 9.66. The Balaban J connectivity index is 1.79. The maximum atomic E-state index is 13.0. The molecule has 31 heavy (non-hydrogen) atoms. The number of nitrogens with zero attached hydrogens (tertiary/aromatic N) is 1. The van der Waals surface area contributed by atoms with Crippen LogP contribution >= 0.6 is 0 Å². The molecule has 0 N–H and O–H groups in total. The van der Waals surface area contributed by atoms with E-state index in [0.717, 1.165) is 9.87 Å². The Bertz CT molecular complexity index is 1190. The average Bonchev–Trinajstić information content (AvgIpc) is 2.79. The van der Waals surface area contributed by atoms with E-state index in [1.807, 2.05) is 19.1 Å². The number of anilines is 1. The van der Waals surface area contributed by atoms with E-state index in [1.165, 1.54) is 38.2 Å². The van der Waals surface area contributed by atoms with Gasteiger partial charge in [0.25, 0.3) is 10.0 Å². The molecule has 7 heteroatoms. The number of benzene rings is 3. The van der Waals surface area contributed by atoms with Crippen molar-refractivity contribution in [3.63, 3.8) is 0 Å². The Morgan fingerprint density at radius 3 is 2.13 bits per heavy atom. The van der Waals surface area contributed by atoms with Gasteiger partial charge in [-0.1, -0.05) is 54.1 Å². The fraction of sp³-hybridized carbons (Fsp3) is 0.167. The number of ether oxygens (including phenoxy) is 1. The standard InChI is InChI=1S/C24H23NO5S/c1-17-12-14-21(15-13-17)25(3)31(28,29)22-11-7-10-20(16-22)24(27)30-18(2)23(26)19-8-5-4-6-9-19/h4-16,18H,1-3H3/t18-/m1/s1. The zero-order valence-electron chi connectivity index (χ0n) is 17.5. The highest BCUT2D eigenvalue weighted by Crippen LogP contribution is 2.23. The summed E-state index contributed by atoms with van der Waals surface area (Å²) in [4.78, 5) is 24.9. The van der Waals surface area contributed by atoms with Crippen LogP contribution in [0.1, 0.15) is 33.2 Å². The topological polar surface area (TPSA) is 80.8 Å². The quantitative estimate of drug-likeness (QED) is 0.408. The highest BCUT2D eigenvalue weighted by Gasteiger charge is 2.24. The van der Waals surface area contributed by atoms with Crippen molar-refractivity contribution in [3.8, 4) is 0 Å². The van der Waals surface area contributed by atoms with E-state index in [2.05, 4.69) is 0 Å². The van der Waals surface area contributed by atoms with Crippen LogP contribution in [0.25, 0.3) is 0 Å². The third-order valence-electron chi connectivity index (χ3n) is 4.84. The molecule has 0 saturated carbocycles. The number of aryl methyl sites for hydroxylation is 1. The Labute approximate surface area is 182 Å². The van der Waals surface area contributed by atoms with E-state index in [0.29, 0.717) is 11.3 Å². The van der Waals surface area contributed by atoms with Crippen LogP contribution in [0.5, 0.6) is 0 Å². The van der Waals surface area contributed by atoms with Gasteiger partial charge in [-0.25, -0.2) is 13.2 Å². The molecule has 3 rings (SSSR count). The SMILES string of the molecule is Cc1ccc(N(C)S(=O)(=O)c2cccc(C(=O)O[C@H](C)C(=O)c3ccccc3)c2)cc1. The van der Waals surface area contributed by atoms with Crippen LogP contribution < -0.4 is 4.31 Å². The minimum atomic E-state index is -3.89. The summed E-state index contributed by atoms with van der Waals surface area (Å²) in [5.41, 5.74) is 1.99. The van der Waals surface area contributed by atoms with Crippen LogP contribution in [-0.2, 0) is 14.8 Å². The number of carbonyl (C=O) groups excluding carboxylic acids is 2. The van der Waals surface area contributed by atoms with Crippen molar-refractivity contribution >= 4 is 27.5 Å². The second kappa shape index (κ2) is 9.14. The highest BCUT2D eigenvalue weighted by atomic mass is 32.2. The first-order chi connectivity index (χ1) is 14.7. The summed E-state index contributed by atoms with van der Waals surface area (Å²) in [6.45, 7) is 3.40. The molecule has 0 aromatic heterocycles. The fourth-order valence-electron chi connectivity index (χ4n) is 2.95. The molecular weight excluding hydrogens is 414 g/mol. The van der Waals surface area contributed by atoms with E-state index in [-0.39, 0.29) is 16.2 Å². The molecule has 0 unspecified atom stereocenters. The van der Waals surface area contributed by atoms with E-state index < -0.39 is 22.1 Å². The van der Waals surface area contributed by atoms with Crippen molar-refractivity contribution in [1.29, 1.82) is 0 Å². The van der Waals surface area contributed by atoms with Gasteiger partial charge in [-0.05, 0) is 44.2 Å². The molecule has 1 atom stereocenters. The molecule has 3 aromatic rings. The number of esters is 1. The summed E-state index contributed by atoms with van der Waals surface area (Å²) < 4.78 is 32.5. The monoisotopic (exact) mass is 437 g/mol. The second-order valence-corrected chi connectivity index (χ2v) is 9.08. The number of sulfonamides is 1. The van der Waals surface area contributed by atoms with Crippen molar-refractivity contribution < 1.29 is 22.7 Å². The zero-order valence-corrected chi connectivity index (χ0v) is 18.3. The van der Waals surface area contributed by atoms with E-state index in [4.69, 9.17) is 4.74 Å². The number of Topliss-reactive ketones (excluding diaryl/α,β-unsaturated/α-hetero) is 1. The fourth-order valence-corrected chi connectivity index (χ4v) is 4.20. The van der Waals surface area contributed by atoms with Crippen LogP contribution in [0.4, 0.5) is 5.69 Å². The first kappa shape index (κ1) is 22.2. The van der Waals surface area contributed by atoms with Gasteiger partial charge in [0.1, 0.15) is 0 Å². The molecule has 0 aliphatic heterocycles. The zero-order chi connectivity index (χ0) is 22.6. The van der Waals surface area contributed by atoms with Gasteiger partial charge < -0.3 is 4.74 Å². The number of ketones is 1. The summed E-state index contributed by atoms with van der Waals surface area (Å²) in [5, 5.41) is 0. The molecule has 0 fully saturated rings. The van der Waals surface area contributed by atoms with E-state index in [9.17, 15) is 18.0 Å². The van der Waals surface area contributed by atoms with Crippen molar-refractivity contribution in [2.45, 2.75) is 24.8 Å². The predicted octanol–water partition coefficient (Wildman–Crippen LogP) is 4.25. The van der Waals surface area contributed by atoms with Crippen LogP contribution in [0.3, 0.4) is 0 Å². The molecule has 3 aromatic carbocycles. The highest BCUT2D eigenvalue weighted by molar-refractivity contribution is 7.92. The van der Waals surface area contributed by atoms with Crippen molar-refractivity contribution in [2.24, 2.45) is 0 Å². The van der Waals surface area contributed by atoms with Crippen LogP contribution in [0.15, 0.2) is 83.8 Å². The van der Waals surface area contributed by atoms with Gasteiger partial charge in [0, 0.05) is 12.6 Å². The molecule has 0 bridgehead atoms. The van der Waals surface area contributed by atoms with Crippen LogP contribution in [-0.4, -0.2) is 33.3 Å². The van der Waals surface area contributed by atoms with Crippen LogP contribution in [0, 0.1) is 6.92 Å². The molecule has 0 aliphatic rings. The third-order valence-corrected chi connectivity index (χ3v) is 6.62. The number of rotatable bonds is 7. The number of carbonyl (C=O) groups is 2. The van der Waals surface area contributed by atoms with Gasteiger partial charge in [0.05, 0.1) is 16.1 Å². The minimum absolute atomic E-state index is 0.0473. The first-order valence-corrected chi connectivity index (χ1v) is 11.1. The molecule has 0 saturated heterocycles. The third kappa shape index (κ3) is 5.00. The van der Waals surface area contributed by atoms with Gasteiger partial charge in [-0.3, -0.25) is 9.10 Å². The average molecular weight is 438 g/mol. The molecule has 0 aliphatic carbocycles. The van der Waals surface area contributed by atoms with Gasteiger partial charge >= 0.3 is 5.97 Å². The van der Waals surface area contributed by atoms with Gasteiger partial charge in [0.2, 0.25) is 5.78 Å². The smallest absolute Gasteiger partial charge is 0.338 e. The maximum absolute atomic E-state index is 13.0. The predicted molar refractivity (Wildman–Crippen MR) is 119 cm³/mol. The van der Waals surface area contributed by atoms with Crippen LogP contribution in [0.2, 0.25) is 0 Å². The van der Waals surface area contributed by atoms with Crippen molar-refractivity contribution in [2.75, 3.05) is 11.4 Å². The summed E-state index contributed by atoms with van der Waals surface area (Å²) in [5.74, 6) is -1.11. The van der Waals surface area contributed by atoms with Gasteiger partial charge in [-0.15, -0.1) is 0 Å². The lowest BCUT2D eigenvalue weighted by Gasteiger charge is -2.20. The Kier molecular flexibility index (Phi) is 6.56. The van der Waals surface area contributed by atoms with Crippen molar-refractivity contribution in [1.82, 2.24) is 0 Å². The Hall–Kier alpha value is -3.45. The summed E-state index contributed by atoms with van der Waals surface area (Å²) in [6.07, 6.45) is -1.01. The number of hydrogen-bond acceptors (Lipinski definition) is 5. The molecule has 6 nitrogen and oxygen atoms in total. The molecule has 0 radical (unpaired) electrons. The normalized spacial score (nSPS) is 12.1.